The zero-order valence-corrected chi connectivity index (χ0v) is 15.1. The third-order valence-corrected chi connectivity index (χ3v) is 6.70. The Balaban J connectivity index is 1.56. The number of thiophene rings is 1. The topological polar surface area (TPSA) is 58.2 Å². The summed E-state index contributed by atoms with van der Waals surface area (Å²) in [6, 6.07) is 4.43. The average Bonchev–Trinajstić information content (AvgIpc) is 3.17. The van der Waals surface area contributed by atoms with Crippen LogP contribution in [0.4, 0.5) is 0 Å². The van der Waals surface area contributed by atoms with E-state index in [0.29, 0.717) is 6.54 Å². The molecule has 2 fully saturated rings. The van der Waals surface area contributed by atoms with Crippen LogP contribution in [-0.4, -0.2) is 24.4 Å². The molecule has 2 aliphatic rings. The van der Waals surface area contributed by atoms with Gasteiger partial charge in [0.1, 0.15) is 0 Å². The molecule has 1 aromatic heterocycles. The van der Waals surface area contributed by atoms with Gasteiger partial charge in [-0.15, -0.1) is 11.3 Å². The van der Waals surface area contributed by atoms with Gasteiger partial charge in [0.15, 0.2) is 0 Å². The molecule has 2 aliphatic carbocycles. The highest BCUT2D eigenvalue weighted by molar-refractivity contribution is 7.10. The van der Waals surface area contributed by atoms with E-state index in [1.807, 2.05) is 0 Å². The first-order chi connectivity index (χ1) is 11.7. The zero-order valence-electron chi connectivity index (χ0n) is 14.3. The molecular weight excluding hydrogens is 320 g/mol. The van der Waals surface area contributed by atoms with Crippen LogP contribution >= 0.6 is 11.3 Å². The van der Waals surface area contributed by atoms with Crippen molar-refractivity contribution in [2.45, 2.75) is 75.7 Å². The first-order valence-corrected chi connectivity index (χ1v) is 10.2. The second-order valence-corrected chi connectivity index (χ2v) is 8.26. The van der Waals surface area contributed by atoms with Crippen LogP contribution in [0.3, 0.4) is 0 Å². The van der Waals surface area contributed by atoms with Crippen LogP contribution in [0.15, 0.2) is 17.5 Å². The lowest BCUT2D eigenvalue weighted by atomic mass is 9.73. The Morgan fingerprint density at radius 1 is 1.04 bits per heavy atom. The summed E-state index contributed by atoms with van der Waals surface area (Å²) < 4.78 is 0. The van der Waals surface area contributed by atoms with Crippen molar-refractivity contribution in [1.82, 2.24) is 10.6 Å². The minimum Gasteiger partial charge on any atom is -0.347 e. The van der Waals surface area contributed by atoms with Gasteiger partial charge in [-0.2, -0.15) is 0 Å². The van der Waals surface area contributed by atoms with Gasteiger partial charge >= 0.3 is 11.8 Å². The number of carbonyl (C=O) groups excluding carboxylic acids is 2. The summed E-state index contributed by atoms with van der Waals surface area (Å²) in [4.78, 5) is 25.7. The third-order valence-electron chi connectivity index (χ3n) is 5.59. The van der Waals surface area contributed by atoms with Gasteiger partial charge in [0.2, 0.25) is 0 Å². The van der Waals surface area contributed by atoms with E-state index in [4.69, 9.17) is 0 Å². The fourth-order valence-corrected chi connectivity index (χ4v) is 5.13. The fourth-order valence-electron chi connectivity index (χ4n) is 4.15. The van der Waals surface area contributed by atoms with Crippen LogP contribution in [0.1, 0.15) is 69.1 Å². The molecule has 0 radical (unpaired) electrons. The Kier molecular flexibility index (Phi) is 5.93. The lowest BCUT2D eigenvalue weighted by Crippen LogP contribution is -2.49. The first kappa shape index (κ1) is 17.5. The molecule has 132 valence electrons. The smallest absolute Gasteiger partial charge is 0.309 e. The summed E-state index contributed by atoms with van der Waals surface area (Å²) in [6.45, 7) is 0.574. The van der Waals surface area contributed by atoms with E-state index in [9.17, 15) is 9.59 Å². The quantitative estimate of drug-likeness (QED) is 0.818. The number of carbonyl (C=O) groups is 2. The maximum atomic E-state index is 12.3. The van der Waals surface area contributed by atoms with Gasteiger partial charge in [-0.25, -0.2) is 0 Å². The van der Waals surface area contributed by atoms with Crippen molar-refractivity contribution in [2.24, 2.45) is 0 Å². The van der Waals surface area contributed by atoms with Crippen molar-refractivity contribution in [3.05, 3.63) is 22.4 Å². The Bertz CT molecular complexity index is 544. The van der Waals surface area contributed by atoms with Crippen LogP contribution in [0.2, 0.25) is 0 Å². The highest BCUT2D eigenvalue weighted by atomic mass is 32.1. The number of nitrogens with one attached hydrogen (secondary N) is 2. The van der Waals surface area contributed by atoms with Crippen LogP contribution in [0.25, 0.3) is 0 Å². The van der Waals surface area contributed by atoms with E-state index in [2.05, 4.69) is 28.1 Å². The van der Waals surface area contributed by atoms with Crippen LogP contribution in [0, 0.1) is 0 Å². The summed E-state index contributed by atoms with van der Waals surface area (Å²) >= 11 is 1.76. The predicted molar refractivity (Wildman–Crippen MR) is 97.1 cm³/mol. The van der Waals surface area contributed by atoms with Gasteiger partial charge in [0.25, 0.3) is 0 Å². The fraction of sp³-hybridized carbons (Fsp3) is 0.684. The minimum atomic E-state index is -0.470. The Morgan fingerprint density at radius 3 is 2.42 bits per heavy atom. The number of hydrogen-bond donors (Lipinski definition) is 2. The van der Waals surface area contributed by atoms with Gasteiger partial charge in [0, 0.05) is 22.9 Å². The van der Waals surface area contributed by atoms with Crippen molar-refractivity contribution in [2.75, 3.05) is 6.54 Å². The molecule has 4 nitrogen and oxygen atoms in total. The molecule has 1 heterocycles. The van der Waals surface area contributed by atoms with Crippen molar-refractivity contribution < 1.29 is 9.59 Å². The molecule has 2 saturated carbocycles. The van der Waals surface area contributed by atoms with Gasteiger partial charge in [-0.1, -0.05) is 44.6 Å². The predicted octanol–water partition coefficient (Wildman–Crippen LogP) is 3.52. The maximum absolute atomic E-state index is 12.3. The van der Waals surface area contributed by atoms with Crippen molar-refractivity contribution in [3.63, 3.8) is 0 Å². The molecule has 1 aromatic rings. The largest absolute Gasteiger partial charge is 0.347 e. The maximum Gasteiger partial charge on any atom is 0.309 e. The zero-order chi connectivity index (χ0) is 16.8. The molecule has 5 heteroatoms. The average molecular weight is 349 g/mol. The van der Waals surface area contributed by atoms with E-state index in [1.54, 1.807) is 11.3 Å². The molecular formula is C19H28N2O2S. The Morgan fingerprint density at radius 2 is 1.75 bits per heavy atom. The molecule has 0 spiro atoms. The lowest BCUT2D eigenvalue weighted by molar-refractivity contribution is -0.139. The van der Waals surface area contributed by atoms with E-state index >= 15 is 0 Å². The molecule has 2 N–H and O–H groups in total. The molecule has 0 aliphatic heterocycles. The summed E-state index contributed by atoms with van der Waals surface area (Å²) in [5.74, 6) is -0.930. The van der Waals surface area contributed by atoms with E-state index < -0.39 is 11.8 Å². The van der Waals surface area contributed by atoms with E-state index in [-0.39, 0.29) is 11.5 Å². The Labute approximate surface area is 148 Å². The second kappa shape index (κ2) is 8.15. The molecule has 24 heavy (non-hydrogen) atoms. The van der Waals surface area contributed by atoms with E-state index in [1.165, 1.54) is 30.6 Å². The summed E-state index contributed by atoms with van der Waals surface area (Å²) in [6.07, 6.45) is 11.4. The van der Waals surface area contributed by atoms with Crippen molar-refractivity contribution in [3.8, 4) is 0 Å². The van der Waals surface area contributed by atoms with Gasteiger partial charge in [-0.05, 0) is 37.1 Å². The molecule has 0 atom stereocenters. The lowest BCUT2D eigenvalue weighted by Gasteiger charge is -2.36. The van der Waals surface area contributed by atoms with Gasteiger partial charge in [0.05, 0.1) is 0 Å². The molecule has 2 amide bonds. The van der Waals surface area contributed by atoms with Crippen LogP contribution in [-0.2, 0) is 15.0 Å². The molecule has 0 saturated heterocycles. The molecule has 0 bridgehead atoms. The van der Waals surface area contributed by atoms with Gasteiger partial charge < -0.3 is 10.6 Å². The molecule has 0 aromatic carbocycles. The Hall–Kier alpha value is -1.36. The summed E-state index contributed by atoms with van der Waals surface area (Å²) in [5.41, 5.74) is 0.0210. The molecule has 0 unspecified atom stereocenters. The normalized spacial score (nSPS) is 21.2. The number of rotatable bonds is 4. The molecule has 3 rings (SSSR count). The van der Waals surface area contributed by atoms with Crippen LogP contribution < -0.4 is 10.6 Å². The van der Waals surface area contributed by atoms with Crippen molar-refractivity contribution in [1.29, 1.82) is 0 Å². The third kappa shape index (κ3) is 4.18. The highest BCUT2D eigenvalue weighted by Gasteiger charge is 2.35. The minimum absolute atomic E-state index is 0.0210. The standard InChI is InChI=1S/C19H28N2O2S/c22-17(18(23)21-15-8-3-1-4-9-15)20-14-19(11-5-2-6-12-19)16-10-7-13-24-16/h7,10,13,15H,1-6,8-9,11-12,14H2,(H,20,22)(H,21,23). The summed E-state index contributed by atoms with van der Waals surface area (Å²) in [7, 11) is 0. The first-order valence-electron chi connectivity index (χ1n) is 9.32. The SMILES string of the molecule is O=C(NCC1(c2cccs2)CCCCC1)C(=O)NC1CCCCC1. The van der Waals surface area contributed by atoms with E-state index in [0.717, 1.165) is 38.5 Å². The number of amides is 2. The van der Waals surface area contributed by atoms with Crippen LogP contribution in [0.5, 0.6) is 0 Å². The highest BCUT2D eigenvalue weighted by Crippen LogP contribution is 2.41. The second-order valence-electron chi connectivity index (χ2n) is 7.31. The monoisotopic (exact) mass is 348 g/mol. The summed E-state index contributed by atoms with van der Waals surface area (Å²) in [5, 5.41) is 7.93. The van der Waals surface area contributed by atoms with Gasteiger partial charge in [-0.3, -0.25) is 9.59 Å². The number of hydrogen-bond acceptors (Lipinski definition) is 3. The van der Waals surface area contributed by atoms with Crippen molar-refractivity contribution >= 4 is 23.2 Å².